The van der Waals surface area contributed by atoms with Crippen LogP contribution in [-0.2, 0) is 0 Å². The topological polar surface area (TPSA) is 20.3 Å². The van der Waals surface area contributed by atoms with Gasteiger partial charge in [0.1, 0.15) is 5.82 Å². The molecule has 1 aromatic rings. The van der Waals surface area contributed by atoms with Gasteiger partial charge >= 0.3 is 0 Å². The van der Waals surface area contributed by atoms with Gasteiger partial charge in [-0.1, -0.05) is 29.3 Å². The van der Waals surface area contributed by atoms with Gasteiger partial charge in [-0.05, 0) is 43.9 Å². The molecule has 104 valence electrons. The minimum atomic E-state index is -0.373. The van der Waals surface area contributed by atoms with E-state index in [1.165, 1.54) is 18.6 Å². The van der Waals surface area contributed by atoms with E-state index in [0.717, 1.165) is 32.2 Å². The molecule has 0 radical (unpaired) electrons. The van der Waals surface area contributed by atoms with E-state index >= 15 is 0 Å². The van der Waals surface area contributed by atoms with E-state index in [2.05, 4.69) is 22.9 Å². The summed E-state index contributed by atoms with van der Waals surface area (Å²) in [6.07, 6.45) is 5.39. The minimum Gasteiger partial charge on any atom is -0.336 e. The van der Waals surface area contributed by atoms with Crippen molar-refractivity contribution in [1.82, 2.24) is 4.90 Å². The molecule has 0 bridgehead atoms. The molecule has 1 fully saturated rings. The predicted octanol–water partition coefficient (Wildman–Crippen LogP) is 4.38. The van der Waals surface area contributed by atoms with Gasteiger partial charge in [-0.2, -0.15) is 0 Å². The maximum absolute atomic E-state index is 13.4. The fourth-order valence-electron chi connectivity index (χ4n) is 2.74. The van der Waals surface area contributed by atoms with Crippen molar-refractivity contribution in [3.8, 4) is 0 Å². The van der Waals surface area contributed by atoms with Gasteiger partial charge in [-0.3, -0.25) is 4.79 Å². The third kappa shape index (κ3) is 3.56. The van der Waals surface area contributed by atoms with E-state index < -0.39 is 0 Å². The van der Waals surface area contributed by atoms with Gasteiger partial charge in [0.15, 0.2) is 0 Å². The first-order chi connectivity index (χ1) is 9.11. The molecule has 1 amide bonds. The molecule has 0 saturated carbocycles. The van der Waals surface area contributed by atoms with Crippen molar-refractivity contribution in [2.45, 2.75) is 45.1 Å². The summed E-state index contributed by atoms with van der Waals surface area (Å²) in [5.74, 6) is -0.417. The van der Waals surface area contributed by atoms with Crippen molar-refractivity contribution >= 4 is 21.8 Å². The summed E-state index contributed by atoms with van der Waals surface area (Å²) in [5.41, 5.74) is 0.440. The normalized spacial score (nSPS) is 19.5. The van der Waals surface area contributed by atoms with Crippen molar-refractivity contribution in [2.24, 2.45) is 0 Å². The number of hydrogen-bond donors (Lipinski definition) is 0. The highest BCUT2D eigenvalue weighted by Crippen LogP contribution is 2.24. The molecule has 1 unspecified atom stereocenters. The van der Waals surface area contributed by atoms with Crippen molar-refractivity contribution in [2.75, 3.05) is 6.54 Å². The van der Waals surface area contributed by atoms with Crippen LogP contribution in [0, 0.1) is 5.82 Å². The maximum atomic E-state index is 13.4. The second-order valence-corrected chi connectivity index (χ2v) is 6.01. The zero-order chi connectivity index (χ0) is 13.8. The van der Waals surface area contributed by atoms with Crippen molar-refractivity contribution in [1.29, 1.82) is 0 Å². The standard InChI is InChI=1S/C15H19BrFNO/c1-2-5-14-6-3-4-7-18(14)15(19)11-8-12(16)10-13(17)9-11/h8-10,14H,2-7H2,1H3. The summed E-state index contributed by atoms with van der Waals surface area (Å²) in [4.78, 5) is 14.5. The molecule has 2 rings (SSSR count). The van der Waals surface area contributed by atoms with Crippen LogP contribution in [0.3, 0.4) is 0 Å². The first kappa shape index (κ1) is 14.5. The Morgan fingerprint density at radius 2 is 2.21 bits per heavy atom. The molecule has 1 aliphatic rings. The third-order valence-electron chi connectivity index (χ3n) is 3.62. The maximum Gasteiger partial charge on any atom is 0.254 e. The van der Waals surface area contributed by atoms with Crippen LogP contribution in [0.2, 0.25) is 0 Å². The van der Waals surface area contributed by atoms with Crippen LogP contribution in [0.1, 0.15) is 49.4 Å². The fraction of sp³-hybridized carbons (Fsp3) is 0.533. The van der Waals surface area contributed by atoms with Crippen LogP contribution in [-0.4, -0.2) is 23.4 Å². The van der Waals surface area contributed by atoms with Gasteiger partial charge in [0.2, 0.25) is 0 Å². The number of benzene rings is 1. The molecule has 1 aliphatic heterocycles. The number of halogens is 2. The Hall–Kier alpha value is -0.900. The van der Waals surface area contributed by atoms with Gasteiger partial charge in [0.25, 0.3) is 5.91 Å². The van der Waals surface area contributed by atoms with Gasteiger partial charge in [-0.25, -0.2) is 4.39 Å². The first-order valence-corrected chi connectivity index (χ1v) is 7.68. The molecule has 0 N–H and O–H groups in total. The molecule has 0 spiro atoms. The molecule has 1 saturated heterocycles. The number of rotatable bonds is 3. The molecule has 0 aliphatic carbocycles. The average molecular weight is 328 g/mol. The van der Waals surface area contributed by atoms with Crippen LogP contribution in [0.4, 0.5) is 4.39 Å². The summed E-state index contributed by atoms with van der Waals surface area (Å²) in [5, 5.41) is 0. The number of carbonyl (C=O) groups is 1. The second-order valence-electron chi connectivity index (χ2n) is 5.09. The van der Waals surface area contributed by atoms with E-state index in [1.807, 2.05) is 4.90 Å². The number of piperidine rings is 1. The highest BCUT2D eigenvalue weighted by atomic mass is 79.9. The van der Waals surface area contributed by atoms with E-state index in [0.29, 0.717) is 16.1 Å². The number of amides is 1. The highest BCUT2D eigenvalue weighted by molar-refractivity contribution is 9.10. The van der Waals surface area contributed by atoms with Crippen LogP contribution in [0.5, 0.6) is 0 Å². The Labute approximate surface area is 122 Å². The summed E-state index contributed by atoms with van der Waals surface area (Å²) in [7, 11) is 0. The molecule has 19 heavy (non-hydrogen) atoms. The SMILES string of the molecule is CCCC1CCCCN1C(=O)c1cc(F)cc(Br)c1. The number of likely N-dealkylation sites (tertiary alicyclic amines) is 1. The molecule has 1 aromatic carbocycles. The first-order valence-electron chi connectivity index (χ1n) is 6.89. The fourth-order valence-corrected chi connectivity index (χ4v) is 3.21. The largest absolute Gasteiger partial charge is 0.336 e. The Kier molecular flexibility index (Phi) is 4.97. The van der Waals surface area contributed by atoms with E-state index in [4.69, 9.17) is 0 Å². The smallest absolute Gasteiger partial charge is 0.254 e. The summed E-state index contributed by atoms with van der Waals surface area (Å²) >= 11 is 3.24. The lowest BCUT2D eigenvalue weighted by Gasteiger charge is -2.36. The monoisotopic (exact) mass is 327 g/mol. The van der Waals surface area contributed by atoms with Crippen LogP contribution in [0.25, 0.3) is 0 Å². The zero-order valence-corrected chi connectivity index (χ0v) is 12.7. The van der Waals surface area contributed by atoms with Crippen LogP contribution < -0.4 is 0 Å². The van der Waals surface area contributed by atoms with E-state index in [1.54, 1.807) is 6.07 Å². The van der Waals surface area contributed by atoms with Gasteiger partial charge < -0.3 is 4.90 Å². The van der Waals surface area contributed by atoms with Gasteiger partial charge in [-0.15, -0.1) is 0 Å². The Balaban J connectivity index is 2.20. The minimum absolute atomic E-state index is 0.0432. The van der Waals surface area contributed by atoms with E-state index in [9.17, 15) is 9.18 Å². The highest BCUT2D eigenvalue weighted by Gasteiger charge is 2.27. The van der Waals surface area contributed by atoms with Crippen molar-refractivity contribution in [3.05, 3.63) is 34.1 Å². The molecule has 1 atom stereocenters. The van der Waals surface area contributed by atoms with Gasteiger partial charge in [0, 0.05) is 22.6 Å². The number of carbonyl (C=O) groups excluding carboxylic acids is 1. The lowest BCUT2D eigenvalue weighted by molar-refractivity contribution is 0.0600. The third-order valence-corrected chi connectivity index (χ3v) is 4.08. The molecule has 4 heteroatoms. The molecule has 1 heterocycles. The molecule has 0 aromatic heterocycles. The Morgan fingerprint density at radius 3 is 2.89 bits per heavy atom. The van der Waals surface area contributed by atoms with Crippen molar-refractivity contribution < 1.29 is 9.18 Å². The lowest BCUT2D eigenvalue weighted by Crippen LogP contribution is -2.43. The second kappa shape index (κ2) is 6.51. The van der Waals surface area contributed by atoms with Gasteiger partial charge in [0.05, 0.1) is 0 Å². The van der Waals surface area contributed by atoms with Crippen LogP contribution in [0.15, 0.2) is 22.7 Å². The Morgan fingerprint density at radius 1 is 1.42 bits per heavy atom. The summed E-state index contributed by atoms with van der Waals surface area (Å²) in [6.45, 7) is 2.92. The molecular formula is C15H19BrFNO. The summed E-state index contributed by atoms with van der Waals surface area (Å²) in [6, 6.07) is 4.71. The van der Waals surface area contributed by atoms with Crippen LogP contribution >= 0.6 is 15.9 Å². The average Bonchev–Trinajstić information content (AvgIpc) is 2.38. The zero-order valence-electron chi connectivity index (χ0n) is 11.2. The Bertz CT molecular complexity index is 441. The number of hydrogen-bond acceptors (Lipinski definition) is 1. The quantitative estimate of drug-likeness (QED) is 0.806. The summed E-state index contributed by atoms with van der Waals surface area (Å²) < 4.78 is 14.0. The predicted molar refractivity (Wildman–Crippen MR) is 77.7 cm³/mol. The lowest BCUT2D eigenvalue weighted by atomic mass is 9.97. The molecular weight excluding hydrogens is 309 g/mol. The van der Waals surface area contributed by atoms with Crippen molar-refractivity contribution in [3.63, 3.8) is 0 Å². The molecule has 2 nitrogen and oxygen atoms in total. The van der Waals surface area contributed by atoms with E-state index in [-0.39, 0.29) is 11.7 Å². The number of nitrogens with zero attached hydrogens (tertiary/aromatic N) is 1.